The van der Waals surface area contributed by atoms with Gasteiger partial charge in [0.15, 0.2) is 11.6 Å². The monoisotopic (exact) mass is 521 g/mol. The van der Waals surface area contributed by atoms with Gasteiger partial charge in [0, 0.05) is 49.8 Å². The van der Waals surface area contributed by atoms with E-state index in [-0.39, 0.29) is 5.78 Å². The van der Waals surface area contributed by atoms with Crippen LogP contribution in [-0.4, -0.2) is 63.0 Å². The molecule has 6 heteroatoms. The number of ether oxygens (including phenoxy) is 3. The zero-order chi connectivity index (χ0) is 26.7. The molecule has 4 rings (SSSR count). The highest BCUT2D eigenvalue weighted by Gasteiger charge is 2.36. The van der Waals surface area contributed by atoms with Gasteiger partial charge >= 0.3 is 0 Å². The molecule has 0 unspecified atom stereocenters. The number of nitrogens with zero attached hydrogens (tertiary/aromatic N) is 1. The van der Waals surface area contributed by atoms with Gasteiger partial charge in [-0.2, -0.15) is 0 Å². The molecule has 3 aromatic rings. The van der Waals surface area contributed by atoms with Crippen molar-refractivity contribution in [3.8, 4) is 0 Å². The quantitative estimate of drug-likeness (QED) is 0.193. The summed E-state index contributed by atoms with van der Waals surface area (Å²) in [6, 6.07) is 28.1. The molecule has 5 nitrogen and oxygen atoms in total. The molecule has 0 amide bonds. The number of carbonyl (C=O) groups is 1. The van der Waals surface area contributed by atoms with Crippen molar-refractivity contribution in [3.05, 3.63) is 102 Å². The van der Waals surface area contributed by atoms with Crippen molar-refractivity contribution in [2.45, 2.75) is 36.5 Å². The molecule has 0 bridgehead atoms. The van der Waals surface area contributed by atoms with Gasteiger partial charge in [-0.15, -0.1) is 11.8 Å². The van der Waals surface area contributed by atoms with E-state index in [0.717, 1.165) is 24.2 Å². The van der Waals surface area contributed by atoms with Gasteiger partial charge in [0.05, 0.1) is 18.8 Å². The predicted octanol–water partition coefficient (Wildman–Crippen LogP) is 6.08. The molecule has 0 atom stereocenters. The highest BCUT2D eigenvalue weighted by Crippen LogP contribution is 2.30. The van der Waals surface area contributed by atoms with Crippen molar-refractivity contribution in [3.63, 3.8) is 0 Å². The summed E-state index contributed by atoms with van der Waals surface area (Å²) in [5.41, 5.74) is 2.53. The van der Waals surface area contributed by atoms with Gasteiger partial charge in [-0.05, 0) is 37.8 Å². The highest BCUT2D eigenvalue weighted by atomic mass is 32.2. The lowest BCUT2D eigenvalue weighted by Crippen LogP contribution is -2.54. The van der Waals surface area contributed by atoms with E-state index in [1.165, 1.54) is 10.5 Å². The Hall–Kier alpha value is -2.48. The predicted molar refractivity (Wildman–Crippen MR) is 151 cm³/mol. The summed E-state index contributed by atoms with van der Waals surface area (Å²) < 4.78 is 16.7. The number of ketones is 1. The number of benzene rings is 3. The van der Waals surface area contributed by atoms with E-state index < -0.39 is 11.3 Å². The van der Waals surface area contributed by atoms with Crippen LogP contribution in [0.1, 0.15) is 35.3 Å². The van der Waals surface area contributed by atoms with Crippen LogP contribution in [0.5, 0.6) is 0 Å². The Morgan fingerprint density at radius 3 is 1.92 bits per heavy atom. The van der Waals surface area contributed by atoms with Gasteiger partial charge < -0.3 is 14.2 Å². The molecule has 0 saturated carbocycles. The van der Waals surface area contributed by atoms with Crippen molar-refractivity contribution in [1.29, 1.82) is 0 Å². The Bertz CT molecular complexity index is 1080. The SMILES string of the molecule is COC(Cc1ccccc1)(OC)c1ccccc1.CSc1ccc(C(=O)C(C)(C)N2CCOCC2)cc1. The first-order valence-electron chi connectivity index (χ1n) is 12.6. The van der Waals surface area contributed by atoms with E-state index in [1.807, 2.05) is 92.9 Å². The molecular formula is C31H39NO4S. The molecule has 1 saturated heterocycles. The molecule has 37 heavy (non-hydrogen) atoms. The van der Waals surface area contributed by atoms with E-state index in [2.05, 4.69) is 17.0 Å². The molecule has 3 aromatic carbocycles. The highest BCUT2D eigenvalue weighted by molar-refractivity contribution is 7.98. The van der Waals surface area contributed by atoms with E-state index in [1.54, 1.807) is 26.0 Å². The molecular weight excluding hydrogens is 482 g/mol. The summed E-state index contributed by atoms with van der Waals surface area (Å²) in [5, 5.41) is 0. The van der Waals surface area contributed by atoms with Gasteiger partial charge in [0.1, 0.15) is 0 Å². The molecule has 0 radical (unpaired) electrons. The second-order valence-electron chi connectivity index (χ2n) is 9.41. The lowest BCUT2D eigenvalue weighted by atomic mass is 9.91. The van der Waals surface area contributed by atoms with Gasteiger partial charge in [-0.3, -0.25) is 9.69 Å². The molecule has 0 spiro atoms. The number of thioether (sulfide) groups is 1. The van der Waals surface area contributed by atoms with Crippen molar-refractivity contribution in [1.82, 2.24) is 4.90 Å². The summed E-state index contributed by atoms with van der Waals surface area (Å²) in [7, 11) is 3.36. The molecule has 1 aliphatic rings. The maximum Gasteiger partial charge on any atom is 0.198 e. The second kappa shape index (κ2) is 13.9. The summed E-state index contributed by atoms with van der Waals surface area (Å²) in [4.78, 5) is 16.1. The summed E-state index contributed by atoms with van der Waals surface area (Å²) in [6.45, 7) is 7.07. The van der Waals surface area contributed by atoms with E-state index >= 15 is 0 Å². The number of rotatable bonds is 9. The molecule has 1 aliphatic heterocycles. The fourth-order valence-electron chi connectivity index (χ4n) is 4.48. The van der Waals surface area contributed by atoms with Crippen LogP contribution in [0.15, 0.2) is 89.8 Å². The number of hydrogen-bond donors (Lipinski definition) is 0. The number of methoxy groups -OCH3 is 2. The standard InChI is InChI=1S/C16H18O2.C15H21NO2S/c1-17-16(18-2,15-11-7-4-8-12-15)13-14-9-5-3-6-10-14;1-15(2,16-8-10-18-11-9-16)14(17)12-4-6-13(19-3)7-5-12/h3-12H,13H2,1-2H3;4-7H,8-11H2,1-3H3. The molecule has 0 aromatic heterocycles. The van der Waals surface area contributed by atoms with Crippen LogP contribution in [0.2, 0.25) is 0 Å². The Kier molecular flexibility index (Phi) is 10.9. The Balaban J connectivity index is 0.000000206. The summed E-state index contributed by atoms with van der Waals surface area (Å²) >= 11 is 1.69. The molecule has 0 N–H and O–H groups in total. The van der Waals surface area contributed by atoms with Crippen LogP contribution in [0, 0.1) is 0 Å². The van der Waals surface area contributed by atoms with E-state index in [4.69, 9.17) is 14.2 Å². The maximum absolute atomic E-state index is 12.7. The number of hydrogen-bond acceptors (Lipinski definition) is 6. The Morgan fingerprint density at radius 1 is 0.865 bits per heavy atom. The van der Waals surface area contributed by atoms with Gasteiger partial charge in [0.2, 0.25) is 0 Å². The number of carbonyl (C=O) groups excluding carboxylic acids is 1. The van der Waals surface area contributed by atoms with E-state index in [0.29, 0.717) is 19.6 Å². The third kappa shape index (κ3) is 7.53. The molecule has 1 fully saturated rings. The maximum atomic E-state index is 12.7. The minimum Gasteiger partial charge on any atom is -0.379 e. The Labute approximate surface area is 226 Å². The smallest absolute Gasteiger partial charge is 0.198 e. The molecule has 198 valence electrons. The third-order valence-corrected chi connectivity index (χ3v) is 7.61. The third-order valence-electron chi connectivity index (χ3n) is 6.86. The van der Waals surface area contributed by atoms with Crippen LogP contribution >= 0.6 is 11.8 Å². The first-order valence-corrected chi connectivity index (χ1v) is 13.8. The van der Waals surface area contributed by atoms with Crippen LogP contribution in [-0.2, 0) is 26.4 Å². The topological polar surface area (TPSA) is 48.0 Å². The Morgan fingerprint density at radius 2 is 1.41 bits per heavy atom. The number of morpholine rings is 1. The number of Topliss-reactive ketones (excluding diaryl/α,β-unsaturated/α-hetero) is 1. The average molecular weight is 522 g/mol. The fraction of sp³-hybridized carbons (Fsp3) is 0.387. The molecule has 0 aliphatic carbocycles. The van der Waals surface area contributed by atoms with E-state index in [9.17, 15) is 4.79 Å². The lowest BCUT2D eigenvalue weighted by Gasteiger charge is -2.39. The largest absolute Gasteiger partial charge is 0.379 e. The molecule has 1 heterocycles. The first kappa shape index (κ1) is 29.1. The summed E-state index contributed by atoms with van der Waals surface area (Å²) in [5.74, 6) is -0.537. The van der Waals surface area contributed by atoms with Gasteiger partial charge in [-0.25, -0.2) is 0 Å². The normalized spacial score (nSPS) is 14.5. The zero-order valence-electron chi connectivity index (χ0n) is 22.6. The summed E-state index contributed by atoms with van der Waals surface area (Å²) in [6.07, 6.45) is 2.72. The van der Waals surface area contributed by atoms with Crippen LogP contribution < -0.4 is 0 Å². The van der Waals surface area contributed by atoms with Crippen LogP contribution in [0.3, 0.4) is 0 Å². The average Bonchev–Trinajstić information content (AvgIpc) is 2.97. The zero-order valence-corrected chi connectivity index (χ0v) is 23.4. The van der Waals surface area contributed by atoms with Crippen LogP contribution in [0.25, 0.3) is 0 Å². The van der Waals surface area contributed by atoms with Crippen molar-refractivity contribution >= 4 is 17.5 Å². The lowest BCUT2D eigenvalue weighted by molar-refractivity contribution is -0.215. The van der Waals surface area contributed by atoms with Crippen molar-refractivity contribution in [2.75, 3.05) is 46.8 Å². The van der Waals surface area contributed by atoms with Crippen LogP contribution in [0.4, 0.5) is 0 Å². The second-order valence-corrected chi connectivity index (χ2v) is 10.3. The minimum absolute atomic E-state index is 0.182. The first-order chi connectivity index (χ1) is 17.9. The fourth-order valence-corrected chi connectivity index (χ4v) is 4.89. The van der Waals surface area contributed by atoms with Gasteiger partial charge in [0.25, 0.3) is 0 Å². The van der Waals surface area contributed by atoms with Crippen molar-refractivity contribution < 1.29 is 19.0 Å². The van der Waals surface area contributed by atoms with Gasteiger partial charge in [-0.1, -0.05) is 72.8 Å². The van der Waals surface area contributed by atoms with Crippen molar-refractivity contribution in [2.24, 2.45) is 0 Å². The minimum atomic E-state index is -0.720.